The van der Waals surface area contributed by atoms with E-state index in [0.29, 0.717) is 11.7 Å². The first-order valence-corrected chi connectivity index (χ1v) is 7.06. The summed E-state index contributed by atoms with van der Waals surface area (Å²) in [7, 11) is 0. The summed E-state index contributed by atoms with van der Waals surface area (Å²) in [6, 6.07) is 5.77. The molecule has 0 radical (unpaired) electrons. The maximum atomic E-state index is 6.02. The van der Waals surface area contributed by atoms with E-state index in [0.717, 1.165) is 54.4 Å². The topological polar surface area (TPSA) is 79.7 Å². The van der Waals surface area contributed by atoms with Gasteiger partial charge in [0.25, 0.3) is 0 Å². The average Bonchev–Trinajstić information content (AvgIpc) is 3.13. The van der Waals surface area contributed by atoms with Gasteiger partial charge in [-0.05, 0) is 30.5 Å². The minimum absolute atomic E-state index is 0.255. The van der Waals surface area contributed by atoms with Crippen LogP contribution in [0.4, 0.5) is 5.82 Å². The molecule has 0 bridgehead atoms. The smallest absolute Gasteiger partial charge is 0.231 e. The number of fused-ring (bicyclic) bond motifs is 1. The van der Waals surface area contributed by atoms with Crippen LogP contribution in [0, 0.1) is 0 Å². The lowest BCUT2D eigenvalue weighted by molar-refractivity contribution is 0.0792. The Morgan fingerprint density at radius 1 is 1.10 bits per heavy atom. The highest BCUT2D eigenvalue weighted by atomic mass is 16.7. The molecule has 110 valence electrons. The van der Waals surface area contributed by atoms with Gasteiger partial charge in [-0.1, -0.05) is 11.2 Å². The van der Waals surface area contributed by atoms with Gasteiger partial charge < -0.3 is 24.5 Å². The molecule has 1 fully saturated rings. The van der Waals surface area contributed by atoms with Gasteiger partial charge in [-0.15, -0.1) is 0 Å². The third-order valence-electron chi connectivity index (χ3n) is 4.00. The Labute approximate surface area is 121 Å². The van der Waals surface area contributed by atoms with Crippen molar-refractivity contribution >= 4 is 5.82 Å². The summed E-state index contributed by atoms with van der Waals surface area (Å²) in [5, 5.41) is 3.95. The second-order valence-electron chi connectivity index (χ2n) is 5.26. The second kappa shape index (κ2) is 4.96. The van der Waals surface area contributed by atoms with Crippen LogP contribution in [0.1, 0.15) is 24.5 Å². The first-order chi connectivity index (χ1) is 10.3. The minimum Gasteiger partial charge on any atom is -0.454 e. The summed E-state index contributed by atoms with van der Waals surface area (Å²) in [6.07, 6.45) is 1.85. The molecule has 0 aliphatic carbocycles. The van der Waals surface area contributed by atoms with E-state index in [9.17, 15) is 0 Å². The number of nitrogens with zero attached hydrogens (tertiary/aromatic N) is 1. The van der Waals surface area contributed by atoms with E-state index in [1.807, 2.05) is 18.2 Å². The highest BCUT2D eigenvalue weighted by Crippen LogP contribution is 2.42. The van der Waals surface area contributed by atoms with Crippen molar-refractivity contribution in [3.8, 4) is 22.6 Å². The molecule has 2 aromatic rings. The molecule has 21 heavy (non-hydrogen) atoms. The van der Waals surface area contributed by atoms with Crippen molar-refractivity contribution in [1.82, 2.24) is 5.16 Å². The van der Waals surface area contributed by atoms with E-state index in [2.05, 4.69) is 5.16 Å². The van der Waals surface area contributed by atoms with Gasteiger partial charge in [0.1, 0.15) is 5.76 Å². The maximum absolute atomic E-state index is 6.02. The molecule has 0 unspecified atom stereocenters. The van der Waals surface area contributed by atoms with Crippen molar-refractivity contribution < 1.29 is 18.7 Å². The van der Waals surface area contributed by atoms with Crippen molar-refractivity contribution in [2.45, 2.75) is 18.8 Å². The van der Waals surface area contributed by atoms with Gasteiger partial charge in [0.15, 0.2) is 17.3 Å². The van der Waals surface area contributed by atoms with Gasteiger partial charge >= 0.3 is 0 Å². The predicted molar refractivity (Wildman–Crippen MR) is 75.3 cm³/mol. The molecular formula is C15H16N2O4. The molecule has 6 heteroatoms. The molecular weight excluding hydrogens is 272 g/mol. The summed E-state index contributed by atoms with van der Waals surface area (Å²) in [5.41, 5.74) is 7.82. The van der Waals surface area contributed by atoms with Crippen LogP contribution in [0.2, 0.25) is 0 Å². The Balaban J connectivity index is 1.75. The number of aromatic nitrogens is 1. The summed E-state index contributed by atoms with van der Waals surface area (Å²) in [6.45, 7) is 1.74. The van der Waals surface area contributed by atoms with Crippen LogP contribution < -0.4 is 15.2 Å². The van der Waals surface area contributed by atoms with E-state index >= 15 is 0 Å². The van der Waals surface area contributed by atoms with Crippen LogP contribution in [0.3, 0.4) is 0 Å². The first kappa shape index (κ1) is 12.5. The van der Waals surface area contributed by atoms with Crippen molar-refractivity contribution in [3.63, 3.8) is 0 Å². The Morgan fingerprint density at radius 3 is 2.76 bits per heavy atom. The zero-order chi connectivity index (χ0) is 14.2. The number of hydrogen-bond donors (Lipinski definition) is 1. The fourth-order valence-corrected chi connectivity index (χ4v) is 2.90. The van der Waals surface area contributed by atoms with Gasteiger partial charge in [0.2, 0.25) is 6.79 Å². The molecule has 2 aliphatic heterocycles. The van der Waals surface area contributed by atoms with Crippen molar-refractivity contribution in [3.05, 3.63) is 24.0 Å². The third-order valence-corrected chi connectivity index (χ3v) is 4.00. The number of benzene rings is 1. The lowest BCUT2D eigenvalue weighted by atomic mass is 9.92. The van der Waals surface area contributed by atoms with Crippen LogP contribution in [-0.2, 0) is 4.74 Å². The molecule has 1 aromatic heterocycles. The molecule has 0 saturated carbocycles. The van der Waals surface area contributed by atoms with Crippen LogP contribution >= 0.6 is 0 Å². The molecule has 1 saturated heterocycles. The highest BCUT2D eigenvalue weighted by Gasteiger charge is 2.27. The Morgan fingerprint density at radius 2 is 1.90 bits per heavy atom. The fourth-order valence-electron chi connectivity index (χ4n) is 2.90. The monoisotopic (exact) mass is 288 g/mol. The molecule has 2 aliphatic rings. The van der Waals surface area contributed by atoms with Crippen LogP contribution in [0.5, 0.6) is 11.5 Å². The van der Waals surface area contributed by atoms with Gasteiger partial charge in [0.05, 0.1) is 5.56 Å². The highest BCUT2D eigenvalue weighted by molar-refractivity contribution is 5.77. The molecule has 0 spiro atoms. The molecule has 2 N–H and O–H groups in total. The average molecular weight is 288 g/mol. The van der Waals surface area contributed by atoms with E-state index in [4.69, 9.17) is 24.5 Å². The molecule has 0 amide bonds. The van der Waals surface area contributed by atoms with Gasteiger partial charge in [-0.25, -0.2) is 0 Å². The maximum Gasteiger partial charge on any atom is 0.231 e. The van der Waals surface area contributed by atoms with E-state index < -0.39 is 0 Å². The van der Waals surface area contributed by atoms with Gasteiger partial charge in [-0.2, -0.15) is 0 Å². The second-order valence-corrected chi connectivity index (χ2v) is 5.26. The normalized spacial score (nSPS) is 18.1. The summed E-state index contributed by atoms with van der Waals surface area (Å²) >= 11 is 0. The van der Waals surface area contributed by atoms with Gasteiger partial charge in [0, 0.05) is 19.1 Å². The Kier molecular flexibility index (Phi) is 2.96. The van der Waals surface area contributed by atoms with Crippen LogP contribution in [-0.4, -0.2) is 25.2 Å². The minimum atomic E-state index is 0.255. The molecule has 3 heterocycles. The number of nitrogen functional groups attached to an aromatic ring is 1. The SMILES string of the molecule is Nc1noc(C2CCOCC2)c1-c1ccc2c(c1)OCO2. The first-order valence-electron chi connectivity index (χ1n) is 7.06. The zero-order valence-corrected chi connectivity index (χ0v) is 11.5. The molecule has 0 atom stereocenters. The molecule has 4 rings (SSSR count). The van der Waals surface area contributed by atoms with Crippen LogP contribution in [0.25, 0.3) is 11.1 Å². The van der Waals surface area contributed by atoms with Crippen molar-refractivity contribution in [2.75, 3.05) is 25.7 Å². The number of anilines is 1. The fraction of sp³-hybridized carbons (Fsp3) is 0.400. The van der Waals surface area contributed by atoms with E-state index in [1.54, 1.807) is 0 Å². The lowest BCUT2D eigenvalue weighted by Gasteiger charge is -2.20. The third kappa shape index (κ3) is 2.12. The van der Waals surface area contributed by atoms with Gasteiger partial charge in [-0.3, -0.25) is 0 Å². The number of ether oxygens (including phenoxy) is 3. The number of nitrogens with two attached hydrogens (primary N) is 1. The van der Waals surface area contributed by atoms with E-state index in [1.165, 1.54) is 0 Å². The standard InChI is InChI=1S/C15H16N2O4/c16-15-13(10-1-2-11-12(7-10)20-8-19-11)14(21-17-15)9-3-5-18-6-4-9/h1-2,7,9H,3-6,8H2,(H2,16,17). The van der Waals surface area contributed by atoms with Crippen molar-refractivity contribution in [2.24, 2.45) is 0 Å². The Hall–Kier alpha value is -2.21. The zero-order valence-electron chi connectivity index (χ0n) is 11.5. The Bertz CT molecular complexity index is 662. The summed E-state index contributed by atoms with van der Waals surface area (Å²) < 4.78 is 21.7. The van der Waals surface area contributed by atoms with E-state index in [-0.39, 0.29) is 6.79 Å². The molecule has 6 nitrogen and oxygen atoms in total. The quantitative estimate of drug-likeness (QED) is 0.914. The van der Waals surface area contributed by atoms with Crippen molar-refractivity contribution in [1.29, 1.82) is 0 Å². The summed E-state index contributed by atoms with van der Waals surface area (Å²) in [4.78, 5) is 0. The number of hydrogen-bond acceptors (Lipinski definition) is 6. The predicted octanol–water partition coefficient (Wildman–Crippen LogP) is 2.55. The summed E-state index contributed by atoms with van der Waals surface area (Å²) in [5.74, 6) is 3.03. The molecule has 1 aromatic carbocycles. The van der Waals surface area contributed by atoms with Crippen LogP contribution in [0.15, 0.2) is 22.7 Å². The number of rotatable bonds is 2. The largest absolute Gasteiger partial charge is 0.454 e. The lowest BCUT2D eigenvalue weighted by Crippen LogP contribution is -2.14.